The standard InChI is InChI=1S/C26H42N4O6S2/c1-20(2)15-30(38(34,35)25-11-9-24(36-4)10-12-25)17-23(31)13-14-29(16-22-7-5-6-8-22)37(32,33)18-26-21(3)27-19-28-26/h9-12,19-20,22-23,31H,5-8,13-18H2,1-4H3,(H,27,28)/t23-/m0/s1. The zero-order chi connectivity index (χ0) is 27.9. The summed E-state index contributed by atoms with van der Waals surface area (Å²) in [6.45, 7) is 6.23. The summed E-state index contributed by atoms with van der Waals surface area (Å²) in [7, 11) is -6.04. The lowest BCUT2D eigenvalue weighted by molar-refractivity contribution is 0.125. The van der Waals surface area contributed by atoms with Crippen LogP contribution in [0, 0.1) is 18.8 Å². The molecule has 1 aliphatic rings. The third-order valence-electron chi connectivity index (χ3n) is 6.98. The highest BCUT2D eigenvalue weighted by atomic mass is 32.2. The van der Waals surface area contributed by atoms with Gasteiger partial charge < -0.3 is 14.8 Å². The average Bonchev–Trinajstić information content (AvgIpc) is 3.52. The van der Waals surface area contributed by atoms with Crippen LogP contribution in [0.25, 0.3) is 0 Å². The third kappa shape index (κ3) is 8.25. The van der Waals surface area contributed by atoms with Crippen LogP contribution in [0.4, 0.5) is 0 Å². The second-order valence-electron chi connectivity index (χ2n) is 10.6. The number of sulfonamides is 2. The summed E-state index contributed by atoms with van der Waals surface area (Å²) >= 11 is 0. The predicted octanol–water partition coefficient (Wildman–Crippen LogP) is 3.15. The lowest BCUT2D eigenvalue weighted by Crippen LogP contribution is -2.42. The van der Waals surface area contributed by atoms with Gasteiger partial charge in [0.15, 0.2) is 0 Å². The molecule has 1 heterocycles. The van der Waals surface area contributed by atoms with E-state index in [9.17, 15) is 21.9 Å². The number of aliphatic hydroxyl groups excluding tert-OH is 1. The molecule has 12 heteroatoms. The number of H-pyrrole nitrogens is 1. The zero-order valence-corrected chi connectivity index (χ0v) is 24.5. The molecule has 10 nitrogen and oxygen atoms in total. The van der Waals surface area contributed by atoms with Crippen LogP contribution in [-0.4, -0.2) is 79.9 Å². The van der Waals surface area contributed by atoms with Crippen LogP contribution in [0.3, 0.4) is 0 Å². The van der Waals surface area contributed by atoms with Gasteiger partial charge in [-0.05, 0) is 62.3 Å². The maximum atomic E-state index is 13.4. The molecule has 0 amide bonds. The maximum absolute atomic E-state index is 13.4. The minimum atomic E-state index is -3.87. The molecule has 0 aliphatic heterocycles. The number of rotatable bonds is 15. The Morgan fingerprint density at radius 3 is 2.29 bits per heavy atom. The van der Waals surface area contributed by atoms with Crippen molar-refractivity contribution in [1.82, 2.24) is 18.6 Å². The van der Waals surface area contributed by atoms with Crippen molar-refractivity contribution in [3.05, 3.63) is 42.0 Å². The monoisotopic (exact) mass is 570 g/mol. The van der Waals surface area contributed by atoms with Crippen LogP contribution >= 0.6 is 0 Å². The highest BCUT2D eigenvalue weighted by Crippen LogP contribution is 2.27. The normalized spacial score (nSPS) is 16.1. The number of benzene rings is 1. The van der Waals surface area contributed by atoms with Crippen molar-refractivity contribution in [3.8, 4) is 5.75 Å². The van der Waals surface area contributed by atoms with Gasteiger partial charge in [0.1, 0.15) is 11.5 Å². The third-order valence-corrected chi connectivity index (χ3v) is 10.6. The molecule has 2 aromatic rings. The molecule has 0 spiro atoms. The van der Waals surface area contributed by atoms with E-state index in [4.69, 9.17) is 4.74 Å². The van der Waals surface area contributed by atoms with Crippen LogP contribution in [0.15, 0.2) is 35.5 Å². The van der Waals surface area contributed by atoms with Crippen LogP contribution in [0.1, 0.15) is 57.3 Å². The van der Waals surface area contributed by atoms with Crippen molar-refractivity contribution in [2.45, 2.75) is 69.6 Å². The molecule has 0 saturated heterocycles. The molecule has 0 radical (unpaired) electrons. The molecule has 3 rings (SSSR count). The van der Waals surface area contributed by atoms with Crippen molar-refractivity contribution in [1.29, 1.82) is 0 Å². The molecule has 1 fully saturated rings. The van der Waals surface area contributed by atoms with E-state index in [-0.39, 0.29) is 48.5 Å². The molecule has 2 N–H and O–H groups in total. The fourth-order valence-electron chi connectivity index (χ4n) is 4.82. The Balaban J connectivity index is 1.72. The number of aromatic nitrogens is 2. The predicted molar refractivity (Wildman–Crippen MR) is 147 cm³/mol. The second-order valence-corrected chi connectivity index (χ2v) is 14.5. The number of nitrogens with one attached hydrogen (secondary N) is 1. The number of aromatic amines is 1. The van der Waals surface area contributed by atoms with Crippen LogP contribution in [-0.2, 0) is 25.8 Å². The van der Waals surface area contributed by atoms with Gasteiger partial charge in [-0.25, -0.2) is 26.1 Å². The molecule has 1 atom stereocenters. The van der Waals surface area contributed by atoms with Gasteiger partial charge in [0.05, 0.1) is 30.1 Å². The minimum Gasteiger partial charge on any atom is -0.497 e. The summed E-state index contributed by atoms with van der Waals surface area (Å²) in [4.78, 5) is 7.19. The highest BCUT2D eigenvalue weighted by Gasteiger charge is 2.31. The van der Waals surface area contributed by atoms with E-state index >= 15 is 0 Å². The maximum Gasteiger partial charge on any atom is 0.243 e. The van der Waals surface area contributed by atoms with Gasteiger partial charge in [-0.2, -0.15) is 4.31 Å². The van der Waals surface area contributed by atoms with Gasteiger partial charge in [0.25, 0.3) is 0 Å². The van der Waals surface area contributed by atoms with E-state index in [1.165, 1.54) is 34.2 Å². The van der Waals surface area contributed by atoms with E-state index in [1.807, 2.05) is 13.8 Å². The smallest absolute Gasteiger partial charge is 0.243 e. The molecular weight excluding hydrogens is 528 g/mol. The van der Waals surface area contributed by atoms with Crippen molar-refractivity contribution in [2.24, 2.45) is 11.8 Å². The van der Waals surface area contributed by atoms with Gasteiger partial charge >= 0.3 is 0 Å². The van der Waals surface area contributed by atoms with E-state index in [1.54, 1.807) is 19.1 Å². The van der Waals surface area contributed by atoms with E-state index in [0.717, 1.165) is 25.7 Å². The summed E-state index contributed by atoms with van der Waals surface area (Å²) < 4.78 is 61.5. The number of aliphatic hydroxyl groups is 1. The quantitative estimate of drug-likeness (QED) is 0.336. The number of hydrogen-bond acceptors (Lipinski definition) is 7. The molecule has 1 aliphatic carbocycles. The van der Waals surface area contributed by atoms with Crippen molar-refractivity contribution in [3.63, 3.8) is 0 Å². The van der Waals surface area contributed by atoms with Crippen LogP contribution in [0.5, 0.6) is 5.75 Å². The van der Waals surface area contributed by atoms with Gasteiger partial charge in [0.2, 0.25) is 20.0 Å². The summed E-state index contributed by atoms with van der Waals surface area (Å²) in [5.74, 6) is 0.658. The molecule has 1 aromatic carbocycles. The van der Waals surface area contributed by atoms with Gasteiger partial charge in [-0.15, -0.1) is 0 Å². The Morgan fingerprint density at radius 1 is 1.08 bits per heavy atom. The number of methoxy groups -OCH3 is 1. The Bertz CT molecular complexity index is 1220. The molecule has 1 aromatic heterocycles. The average molecular weight is 571 g/mol. The van der Waals surface area contributed by atoms with E-state index in [0.29, 0.717) is 23.7 Å². The first kappa shape index (κ1) is 30.6. The topological polar surface area (TPSA) is 133 Å². The summed E-state index contributed by atoms with van der Waals surface area (Å²) in [5, 5.41) is 10.9. The van der Waals surface area contributed by atoms with Crippen molar-refractivity contribution < 1.29 is 26.7 Å². The Labute approximate surface area is 227 Å². The van der Waals surface area contributed by atoms with Gasteiger partial charge in [-0.3, -0.25) is 0 Å². The molecule has 214 valence electrons. The lowest BCUT2D eigenvalue weighted by Gasteiger charge is -2.29. The molecule has 0 unspecified atom stereocenters. The zero-order valence-electron chi connectivity index (χ0n) is 22.8. The van der Waals surface area contributed by atoms with E-state index in [2.05, 4.69) is 9.97 Å². The first-order chi connectivity index (χ1) is 17.9. The number of aryl methyl sites for hydroxylation is 1. The van der Waals surface area contributed by atoms with Crippen LogP contribution in [0.2, 0.25) is 0 Å². The summed E-state index contributed by atoms with van der Waals surface area (Å²) in [6, 6.07) is 6.15. The van der Waals surface area contributed by atoms with Crippen LogP contribution < -0.4 is 4.74 Å². The Hall–Kier alpha value is -1.99. The molecule has 0 bridgehead atoms. The number of nitrogens with zero attached hydrogens (tertiary/aromatic N) is 3. The fourth-order valence-corrected chi connectivity index (χ4v) is 8.10. The first-order valence-electron chi connectivity index (χ1n) is 13.2. The summed E-state index contributed by atoms with van der Waals surface area (Å²) in [5.41, 5.74) is 1.19. The fraction of sp³-hybridized carbons (Fsp3) is 0.654. The molecule has 38 heavy (non-hydrogen) atoms. The summed E-state index contributed by atoms with van der Waals surface area (Å²) in [6.07, 6.45) is 4.72. The SMILES string of the molecule is COc1ccc(S(=O)(=O)N(CC(C)C)C[C@@H](O)CCN(CC2CCCC2)S(=O)(=O)Cc2nc[nH]c2C)cc1. The van der Waals surface area contributed by atoms with Gasteiger partial charge in [-0.1, -0.05) is 26.7 Å². The van der Waals surface area contributed by atoms with Gasteiger partial charge in [0, 0.05) is 31.9 Å². The van der Waals surface area contributed by atoms with E-state index < -0.39 is 26.2 Å². The highest BCUT2D eigenvalue weighted by molar-refractivity contribution is 7.89. The number of imidazole rings is 1. The largest absolute Gasteiger partial charge is 0.497 e. The first-order valence-corrected chi connectivity index (χ1v) is 16.3. The minimum absolute atomic E-state index is 0.0338. The Kier molecular flexibility index (Phi) is 10.8. The molecular formula is C26H42N4O6S2. The molecule has 1 saturated carbocycles. The van der Waals surface area contributed by atoms with Crippen molar-refractivity contribution >= 4 is 20.0 Å². The number of ether oxygens (including phenoxy) is 1. The lowest BCUT2D eigenvalue weighted by atomic mass is 10.1. The number of hydrogen-bond donors (Lipinski definition) is 2. The Morgan fingerprint density at radius 2 is 1.74 bits per heavy atom. The van der Waals surface area contributed by atoms with Crippen molar-refractivity contribution in [2.75, 3.05) is 33.3 Å². The second kappa shape index (κ2) is 13.4.